The van der Waals surface area contributed by atoms with Crippen molar-refractivity contribution < 1.29 is 4.74 Å². The van der Waals surface area contributed by atoms with E-state index in [2.05, 4.69) is 214 Å². The normalized spacial score (nSPS) is 12.3. The van der Waals surface area contributed by atoms with Crippen molar-refractivity contribution in [1.82, 2.24) is 13.7 Å². The zero-order valence-corrected chi connectivity index (χ0v) is 31.3. The number of fused-ring (bicyclic) bond motifs is 11. The quantitative estimate of drug-likeness (QED) is 0.176. The number of nitrogens with zero attached hydrogens (tertiary/aromatic N) is 3. The number of benzene rings is 9. The summed E-state index contributed by atoms with van der Waals surface area (Å²) >= 11 is 0. The summed E-state index contributed by atoms with van der Waals surface area (Å²) in [5.74, 6) is 1.72. The molecule has 0 saturated carbocycles. The van der Waals surface area contributed by atoms with Crippen molar-refractivity contribution in [2.24, 2.45) is 0 Å². The smallest absolute Gasteiger partial charge is 0.160 e. The van der Waals surface area contributed by atoms with Gasteiger partial charge in [0.25, 0.3) is 0 Å². The summed E-state index contributed by atoms with van der Waals surface area (Å²) in [6, 6.07) is 72.4. The minimum Gasteiger partial charge on any atom is -0.452 e. The van der Waals surface area contributed by atoms with Gasteiger partial charge in [0.2, 0.25) is 0 Å². The molecular formula is C54H33N3O. The Morgan fingerprint density at radius 3 is 1.41 bits per heavy atom. The Kier molecular flexibility index (Phi) is 6.41. The van der Waals surface area contributed by atoms with Gasteiger partial charge in [-0.3, -0.25) is 0 Å². The number of para-hydroxylation sites is 6. The third-order valence-corrected chi connectivity index (χ3v) is 12.2. The van der Waals surface area contributed by atoms with Crippen molar-refractivity contribution in [2.75, 3.05) is 0 Å². The molecule has 4 heterocycles. The van der Waals surface area contributed by atoms with Crippen LogP contribution in [0.3, 0.4) is 0 Å². The maximum atomic E-state index is 6.95. The Hall–Kier alpha value is -7.82. The highest BCUT2D eigenvalue weighted by Gasteiger charge is 2.27. The molecule has 12 aromatic rings. The van der Waals surface area contributed by atoms with E-state index >= 15 is 0 Å². The summed E-state index contributed by atoms with van der Waals surface area (Å²) in [7, 11) is 0. The molecule has 4 heteroatoms. The Labute approximate surface area is 333 Å². The molecule has 0 amide bonds. The molecule has 58 heavy (non-hydrogen) atoms. The van der Waals surface area contributed by atoms with Crippen LogP contribution in [0.4, 0.5) is 0 Å². The first-order chi connectivity index (χ1) is 28.8. The summed E-state index contributed by atoms with van der Waals surface area (Å²) in [6.07, 6.45) is 0. The number of hydrogen-bond donors (Lipinski definition) is 0. The third-order valence-electron chi connectivity index (χ3n) is 12.2. The molecule has 1 aliphatic heterocycles. The van der Waals surface area contributed by atoms with Gasteiger partial charge in [0.15, 0.2) is 11.5 Å². The maximum Gasteiger partial charge on any atom is 0.160 e. The summed E-state index contributed by atoms with van der Waals surface area (Å²) < 4.78 is 14.1. The molecule has 0 N–H and O–H groups in total. The first-order valence-electron chi connectivity index (χ1n) is 19.8. The second-order valence-electron chi connectivity index (χ2n) is 15.3. The van der Waals surface area contributed by atoms with Crippen LogP contribution in [-0.4, -0.2) is 13.7 Å². The van der Waals surface area contributed by atoms with E-state index in [1.165, 1.54) is 65.5 Å². The van der Waals surface area contributed by atoms with E-state index < -0.39 is 0 Å². The lowest BCUT2D eigenvalue weighted by atomic mass is 10.00. The topological polar surface area (TPSA) is 24.0 Å². The second kappa shape index (κ2) is 11.8. The Balaban J connectivity index is 0.999. The minimum atomic E-state index is 0.846. The molecule has 1 aliphatic rings. The van der Waals surface area contributed by atoms with E-state index in [9.17, 15) is 0 Å². The van der Waals surface area contributed by atoms with Gasteiger partial charge in [0.1, 0.15) is 0 Å². The van der Waals surface area contributed by atoms with Crippen LogP contribution in [0.2, 0.25) is 0 Å². The van der Waals surface area contributed by atoms with Gasteiger partial charge in [0.05, 0.1) is 38.8 Å². The predicted octanol–water partition coefficient (Wildman–Crippen LogP) is 14.4. The monoisotopic (exact) mass is 739 g/mol. The molecule has 0 saturated heterocycles. The van der Waals surface area contributed by atoms with Crippen molar-refractivity contribution in [1.29, 1.82) is 0 Å². The fourth-order valence-corrected chi connectivity index (χ4v) is 9.71. The van der Waals surface area contributed by atoms with Crippen LogP contribution in [0.1, 0.15) is 0 Å². The van der Waals surface area contributed by atoms with E-state index in [-0.39, 0.29) is 0 Å². The lowest BCUT2D eigenvalue weighted by molar-refractivity contribution is 0.478. The highest BCUT2D eigenvalue weighted by molar-refractivity contribution is 6.15. The molecule has 0 unspecified atom stereocenters. The standard InChI is InChI=1S/C54H33N3O/c1-5-21-46-40(17-1)41-18-2-6-22-47(41)55(46)37-15-11-13-34(31-37)35-27-28-44-45-30-29-39(54-53(45)57(51(44)33-35)50-25-9-10-26-52(50)58-54)36-14-12-16-38(32-36)56-48-23-7-3-19-42(48)43-20-4-8-24-49(43)56/h1-33H. The Morgan fingerprint density at radius 1 is 0.310 bits per heavy atom. The molecule has 0 spiro atoms. The SMILES string of the molecule is c1cc(-c2ccc3c4ccc(-c5cccc(-n6c7ccccc7c7ccccc76)c5)c5c4n(c3c2)-c2ccccc2O5)cc(-n2c3ccccc3c3ccccc32)c1. The van der Waals surface area contributed by atoms with Gasteiger partial charge in [-0.05, 0) is 89.5 Å². The molecule has 4 nitrogen and oxygen atoms in total. The zero-order valence-electron chi connectivity index (χ0n) is 31.3. The lowest BCUT2D eigenvalue weighted by Crippen LogP contribution is -2.05. The van der Waals surface area contributed by atoms with Crippen LogP contribution < -0.4 is 4.74 Å². The van der Waals surface area contributed by atoms with Gasteiger partial charge in [0, 0.05) is 49.3 Å². The molecule has 270 valence electrons. The van der Waals surface area contributed by atoms with Crippen LogP contribution >= 0.6 is 0 Å². The third kappa shape index (κ3) is 4.34. The van der Waals surface area contributed by atoms with Gasteiger partial charge >= 0.3 is 0 Å². The van der Waals surface area contributed by atoms with Gasteiger partial charge in [-0.1, -0.05) is 127 Å². The number of aromatic nitrogens is 3. The molecule has 13 rings (SSSR count). The van der Waals surface area contributed by atoms with Crippen LogP contribution in [-0.2, 0) is 0 Å². The molecule has 0 radical (unpaired) electrons. The van der Waals surface area contributed by atoms with E-state index in [0.29, 0.717) is 0 Å². The summed E-state index contributed by atoms with van der Waals surface area (Å²) in [5, 5.41) is 7.40. The van der Waals surface area contributed by atoms with E-state index in [4.69, 9.17) is 4.74 Å². The average molecular weight is 740 g/mol. The second-order valence-corrected chi connectivity index (χ2v) is 15.3. The Morgan fingerprint density at radius 2 is 0.793 bits per heavy atom. The lowest BCUT2D eigenvalue weighted by Gasteiger charge is -2.23. The van der Waals surface area contributed by atoms with E-state index in [1.807, 2.05) is 0 Å². The van der Waals surface area contributed by atoms with Crippen molar-refractivity contribution in [3.05, 3.63) is 200 Å². The Bertz CT molecular complexity index is 3570. The zero-order chi connectivity index (χ0) is 37.9. The average Bonchev–Trinajstić information content (AvgIpc) is 3.93. The van der Waals surface area contributed by atoms with Crippen molar-refractivity contribution >= 4 is 65.4 Å². The molecular weight excluding hydrogens is 707 g/mol. The van der Waals surface area contributed by atoms with Crippen LogP contribution in [0.5, 0.6) is 11.5 Å². The fourth-order valence-electron chi connectivity index (χ4n) is 9.71. The number of ether oxygens (including phenoxy) is 1. The maximum absolute atomic E-state index is 6.95. The molecule has 0 bridgehead atoms. The minimum absolute atomic E-state index is 0.846. The predicted molar refractivity (Wildman–Crippen MR) is 240 cm³/mol. The van der Waals surface area contributed by atoms with Gasteiger partial charge in [-0.15, -0.1) is 0 Å². The summed E-state index contributed by atoms with van der Waals surface area (Å²) in [5.41, 5.74) is 14.9. The highest BCUT2D eigenvalue weighted by atomic mass is 16.5. The largest absolute Gasteiger partial charge is 0.452 e. The first-order valence-corrected chi connectivity index (χ1v) is 19.8. The van der Waals surface area contributed by atoms with Gasteiger partial charge < -0.3 is 18.4 Å². The van der Waals surface area contributed by atoms with Gasteiger partial charge in [-0.25, -0.2) is 0 Å². The van der Waals surface area contributed by atoms with E-state index in [0.717, 1.165) is 50.7 Å². The number of hydrogen-bond acceptors (Lipinski definition) is 1. The van der Waals surface area contributed by atoms with E-state index in [1.54, 1.807) is 0 Å². The molecule has 9 aromatic carbocycles. The van der Waals surface area contributed by atoms with Crippen LogP contribution in [0.15, 0.2) is 200 Å². The van der Waals surface area contributed by atoms with Crippen molar-refractivity contribution in [3.8, 4) is 50.8 Å². The molecule has 0 aliphatic carbocycles. The van der Waals surface area contributed by atoms with Crippen LogP contribution in [0, 0.1) is 0 Å². The summed E-state index contributed by atoms with van der Waals surface area (Å²) in [4.78, 5) is 0. The van der Waals surface area contributed by atoms with Crippen molar-refractivity contribution in [2.45, 2.75) is 0 Å². The van der Waals surface area contributed by atoms with Gasteiger partial charge in [-0.2, -0.15) is 0 Å². The number of rotatable bonds is 4. The molecule has 3 aromatic heterocycles. The summed E-state index contributed by atoms with van der Waals surface area (Å²) in [6.45, 7) is 0. The molecule has 0 atom stereocenters. The van der Waals surface area contributed by atoms with Crippen LogP contribution in [0.25, 0.3) is 105 Å². The molecule has 0 fully saturated rings. The van der Waals surface area contributed by atoms with Crippen molar-refractivity contribution in [3.63, 3.8) is 0 Å². The highest BCUT2D eigenvalue weighted by Crippen LogP contribution is 2.50. The first kappa shape index (κ1) is 31.4. The fraction of sp³-hybridized carbons (Fsp3) is 0.